The number of para-hydroxylation sites is 2. The van der Waals surface area contributed by atoms with E-state index in [0.29, 0.717) is 13.0 Å². The summed E-state index contributed by atoms with van der Waals surface area (Å²) >= 11 is 0. The molecule has 0 aliphatic heterocycles. The predicted octanol–water partition coefficient (Wildman–Crippen LogP) is 1.40. The van der Waals surface area contributed by atoms with Crippen molar-refractivity contribution in [3.05, 3.63) is 64.6 Å². The second-order valence-corrected chi connectivity index (χ2v) is 7.45. The minimum Gasteiger partial charge on any atom is -0.478 e. The Hall–Kier alpha value is -2.91. The van der Waals surface area contributed by atoms with Crippen molar-refractivity contribution >= 4 is 27.0 Å². The van der Waals surface area contributed by atoms with Crippen LogP contribution in [0.4, 0.5) is 0 Å². The topological polar surface area (TPSA) is 121 Å². The molecule has 26 heavy (non-hydrogen) atoms. The fourth-order valence-electron chi connectivity index (χ4n) is 2.65. The molecule has 0 unspecified atom stereocenters. The van der Waals surface area contributed by atoms with Crippen LogP contribution in [0.3, 0.4) is 0 Å². The number of H-pyrrole nitrogens is 1. The molecule has 8 nitrogen and oxygen atoms in total. The molecule has 9 heteroatoms. The van der Waals surface area contributed by atoms with Crippen LogP contribution in [0.1, 0.15) is 16.8 Å². The quantitative estimate of drug-likeness (QED) is 0.539. The molecule has 1 heterocycles. The summed E-state index contributed by atoms with van der Waals surface area (Å²) in [6, 6.07) is 12.4. The lowest BCUT2D eigenvalue weighted by Gasteiger charge is -2.08. The third-order valence-electron chi connectivity index (χ3n) is 3.92. The number of benzene rings is 2. The SMILES string of the molecule is O=C(O)c1cccc(S(=O)(=O)NCCCn2c(=O)[nH]c3ccccc32)c1. The second kappa shape index (κ2) is 7.14. The zero-order valence-electron chi connectivity index (χ0n) is 13.7. The van der Waals surface area contributed by atoms with Crippen molar-refractivity contribution in [2.75, 3.05) is 6.54 Å². The van der Waals surface area contributed by atoms with Crippen molar-refractivity contribution in [3.63, 3.8) is 0 Å². The lowest BCUT2D eigenvalue weighted by atomic mass is 10.2. The minimum absolute atomic E-state index is 0.0989. The number of imidazole rings is 1. The summed E-state index contributed by atoms with van der Waals surface area (Å²) in [5.41, 5.74) is 1.14. The van der Waals surface area contributed by atoms with Gasteiger partial charge in [0.05, 0.1) is 21.5 Å². The predicted molar refractivity (Wildman–Crippen MR) is 95.8 cm³/mol. The molecule has 3 N–H and O–H groups in total. The van der Waals surface area contributed by atoms with Gasteiger partial charge in [-0.05, 0) is 36.8 Å². The normalized spacial score (nSPS) is 11.7. The van der Waals surface area contributed by atoms with E-state index < -0.39 is 16.0 Å². The molecule has 0 amide bonds. The smallest absolute Gasteiger partial charge is 0.335 e. The monoisotopic (exact) mass is 375 g/mol. The van der Waals surface area contributed by atoms with Crippen molar-refractivity contribution in [1.82, 2.24) is 14.3 Å². The molecular formula is C17H17N3O5S. The average molecular weight is 375 g/mol. The zero-order valence-corrected chi connectivity index (χ0v) is 14.5. The first kappa shape index (κ1) is 17.9. The van der Waals surface area contributed by atoms with Crippen LogP contribution in [0, 0.1) is 0 Å². The number of carbonyl (C=O) groups is 1. The van der Waals surface area contributed by atoms with Gasteiger partial charge in [0.25, 0.3) is 0 Å². The number of carboxylic acids is 1. The summed E-state index contributed by atoms with van der Waals surface area (Å²) in [7, 11) is -3.82. The van der Waals surface area contributed by atoms with E-state index in [9.17, 15) is 18.0 Å². The molecule has 2 aromatic carbocycles. The summed E-state index contributed by atoms with van der Waals surface area (Å²) in [6.07, 6.45) is 0.402. The molecule has 0 atom stereocenters. The van der Waals surface area contributed by atoms with E-state index in [-0.39, 0.29) is 22.7 Å². The number of aromatic carboxylic acids is 1. The highest BCUT2D eigenvalue weighted by Gasteiger charge is 2.15. The highest BCUT2D eigenvalue weighted by molar-refractivity contribution is 7.89. The Morgan fingerprint density at radius 3 is 2.69 bits per heavy atom. The molecule has 136 valence electrons. The number of nitrogens with zero attached hydrogens (tertiary/aromatic N) is 1. The molecule has 0 aliphatic rings. The lowest BCUT2D eigenvalue weighted by Crippen LogP contribution is -2.27. The van der Waals surface area contributed by atoms with E-state index in [2.05, 4.69) is 9.71 Å². The van der Waals surface area contributed by atoms with Crippen LogP contribution in [-0.4, -0.2) is 35.6 Å². The summed E-state index contributed by atoms with van der Waals surface area (Å²) in [5.74, 6) is -1.19. The Morgan fingerprint density at radius 2 is 1.92 bits per heavy atom. The van der Waals surface area contributed by atoms with Gasteiger partial charge in [0.1, 0.15) is 0 Å². The van der Waals surface area contributed by atoms with E-state index in [4.69, 9.17) is 5.11 Å². The molecule has 0 aliphatic carbocycles. The molecule has 0 radical (unpaired) electrons. The highest BCUT2D eigenvalue weighted by Crippen LogP contribution is 2.12. The van der Waals surface area contributed by atoms with Crippen LogP contribution < -0.4 is 10.4 Å². The summed E-state index contributed by atoms with van der Waals surface area (Å²) in [6.45, 7) is 0.464. The van der Waals surface area contributed by atoms with Gasteiger partial charge in [-0.15, -0.1) is 0 Å². The van der Waals surface area contributed by atoms with Crippen molar-refractivity contribution in [2.45, 2.75) is 17.9 Å². The number of carboxylic acid groups (broad SMARTS) is 1. The Morgan fingerprint density at radius 1 is 1.15 bits per heavy atom. The molecule has 0 saturated carbocycles. The fourth-order valence-corrected chi connectivity index (χ4v) is 3.77. The number of hydrogen-bond donors (Lipinski definition) is 3. The molecule has 0 saturated heterocycles. The maximum absolute atomic E-state index is 12.3. The van der Waals surface area contributed by atoms with Gasteiger partial charge in [0.2, 0.25) is 10.0 Å². The molecule has 0 spiro atoms. The van der Waals surface area contributed by atoms with Crippen molar-refractivity contribution < 1.29 is 18.3 Å². The van der Waals surface area contributed by atoms with Crippen molar-refractivity contribution in [2.24, 2.45) is 0 Å². The third-order valence-corrected chi connectivity index (χ3v) is 5.38. The third kappa shape index (κ3) is 3.68. The van der Waals surface area contributed by atoms with Gasteiger partial charge >= 0.3 is 11.7 Å². The van der Waals surface area contributed by atoms with E-state index in [1.807, 2.05) is 18.2 Å². The first-order valence-electron chi connectivity index (χ1n) is 7.89. The van der Waals surface area contributed by atoms with Crippen molar-refractivity contribution in [1.29, 1.82) is 0 Å². The standard InChI is InChI=1S/C17H17N3O5S/c21-16(22)12-5-3-6-13(11-12)26(24,25)18-9-4-10-20-15-8-2-1-7-14(15)19-17(20)23/h1-3,5-8,11,18H,4,9-10H2,(H,19,23)(H,21,22). The van der Waals surface area contributed by atoms with Crippen LogP contribution in [0.25, 0.3) is 11.0 Å². The van der Waals surface area contributed by atoms with Crippen molar-refractivity contribution in [3.8, 4) is 0 Å². The number of aromatic amines is 1. The van der Waals surface area contributed by atoms with E-state index in [1.54, 1.807) is 10.6 Å². The van der Waals surface area contributed by atoms with Gasteiger partial charge in [0.15, 0.2) is 0 Å². The van der Waals surface area contributed by atoms with Crippen LogP contribution >= 0.6 is 0 Å². The minimum atomic E-state index is -3.82. The first-order chi connectivity index (χ1) is 12.4. The maximum atomic E-state index is 12.3. The second-order valence-electron chi connectivity index (χ2n) is 5.68. The van der Waals surface area contributed by atoms with Gasteiger partial charge in [-0.2, -0.15) is 0 Å². The Kier molecular flexibility index (Phi) is 4.92. The number of aromatic nitrogens is 2. The number of aryl methyl sites for hydroxylation is 1. The van der Waals surface area contributed by atoms with Gasteiger partial charge in [0, 0.05) is 13.1 Å². The molecule has 3 aromatic rings. The lowest BCUT2D eigenvalue weighted by molar-refractivity contribution is 0.0696. The molecular weight excluding hydrogens is 358 g/mol. The average Bonchev–Trinajstić information content (AvgIpc) is 2.94. The summed E-state index contributed by atoms with van der Waals surface area (Å²) in [5, 5.41) is 8.96. The Labute approximate surface area is 149 Å². The number of sulfonamides is 1. The Balaban J connectivity index is 1.66. The van der Waals surface area contributed by atoms with Crippen LogP contribution in [0.5, 0.6) is 0 Å². The van der Waals surface area contributed by atoms with Gasteiger partial charge < -0.3 is 10.1 Å². The van der Waals surface area contributed by atoms with Crippen LogP contribution in [-0.2, 0) is 16.6 Å². The van der Waals surface area contributed by atoms with Gasteiger partial charge in [-0.25, -0.2) is 22.7 Å². The maximum Gasteiger partial charge on any atom is 0.335 e. The molecule has 0 fully saturated rings. The molecule has 0 bridgehead atoms. The number of nitrogens with one attached hydrogen (secondary N) is 2. The van der Waals surface area contributed by atoms with Crippen LogP contribution in [0.15, 0.2) is 58.2 Å². The zero-order chi connectivity index (χ0) is 18.7. The van der Waals surface area contributed by atoms with E-state index >= 15 is 0 Å². The summed E-state index contributed by atoms with van der Waals surface area (Å²) < 4.78 is 28.5. The highest BCUT2D eigenvalue weighted by atomic mass is 32.2. The fraction of sp³-hybridized carbons (Fsp3) is 0.176. The molecule has 3 rings (SSSR count). The first-order valence-corrected chi connectivity index (χ1v) is 9.37. The molecule has 1 aromatic heterocycles. The number of hydrogen-bond acceptors (Lipinski definition) is 4. The van der Waals surface area contributed by atoms with Crippen LogP contribution in [0.2, 0.25) is 0 Å². The number of fused-ring (bicyclic) bond motifs is 1. The van der Waals surface area contributed by atoms with E-state index in [0.717, 1.165) is 17.1 Å². The van der Waals surface area contributed by atoms with Gasteiger partial charge in [-0.1, -0.05) is 18.2 Å². The number of rotatable bonds is 7. The largest absolute Gasteiger partial charge is 0.478 e. The summed E-state index contributed by atoms with van der Waals surface area (Å²) in [4.78, 5) is 25.6. The van der Waals surface area contributed by atoms with Gasteiger partial charge in [-0.3, -0.25) is 4.57 Å². The Bertz CT molecular complexity index is 1110. The van der Waals surface area contributed by atoms with E-state index in [1.165, 1.54) is 18.2 Å².